The third kappa shape index (κ3) is 4.98. The number of nitrogens with one attached hydrogen (secondary N) is 1. The lowest BCUT2D eigenvalue weighted by atomic mass is 9.84. The Labute approximate surface area is 157 Å². The fourth-order valence-electron chi connectivity index (χ4n) is 4.21. The highest BCUT2D eigenvalue weighted by molar-refractivity contribution is 5.76. The van der Waals surface area contributed by atoms with Gasteiger partial charge >= 0.3 is 0 Å². The second-order valence-corrected chi connectivity index (χ2v) is 8.12. The normalized spacial score (nSPS) is 22.7. The number of amides is 1. The highest BCUT2D eigenvalue weighted by Crippen LogP contribution is 2.40. The summed E-state index contributed by atoms with van der Waals surface area (Å²) in [6, 6.07) is 8.50. The number of benzene rings is 1. The Morgan fingerprint density at radius 1 is 1.38 bits per heavy atom. The zero-order valence-electron chi connectivity index (χ0n) is 16.3. The Balaban J connectivity index is 1.46. The number of nitrogens with zero attached hydrogens (tertiary/aromatic N) is 1. The smallest absolute Gasteiger partial charge is 0.220 e. The lowest BCUT2D eigenvalue weighted by Crippen LogP contribution is -2.43. The zero-order valence-corrected chi connectivity index (χ0v) is 16.3. The predicted molar refractivity (Wildman–Crippen MR) is 102 cm³/mol. The van der Waals surface area contributed by atoms with E-state index in [-0.39, 0.29) is 17.6 Å². The van der Waals surface area contributed by atoms with Crippen molar-refractivity contribution < 1.29 is 14.3 Å². The topological polar surface area (TPSA) is 50.8 Å². The summed E-state index contributed by atoms with van der Waals surface area (Å²) in [6.45, 7) is 7.77. The van der Waals surface area contributed by atoms with Crippen molar-refractivity contribution in [3.63, 3.8) is 0 Å². The molecule has 5 nitrogen and oxygen atoms in total. The number of likely N-dealkylation sites (tertiary alicyclic amines) is 1. The maximum Gasteiger partial charge on any atom is 0.220 e. The number of ether oxygens (including phenoxy) is 2. The van der Waals surface area contributed by atoms with E-state index in [9.17, 15) is 4.79 Å². The molecule has 1 unspecified atom stereocenters. The molecule has 26 heavy (non-hydrogen) atoms. The van der Waals surface area contributed by atoms with Gasteiger partial charge in [0.2, 0.25) is 5.91 Å². The summed E-state index contributed by atoms with van der Waals surface area (Å²) in [4.78, 5) is 14.5. The average Bonchev–Trinajstić information content (AvgIpc) is 2.99. The van der Waals surface area contributed by atoms with Crippen LogP contribution >= 0.6 is 0 Å². The van der Waals surface area contributed by atoms with Crippen molar-refractivity contribution in [1.29, 1.82) is 0 Å². The number of carbonyl (C=O) groups excluding carboxylic acids is 1. The van der Waals surface area contributed by atoms with Gasteiger partial charge in [-0.15, -0.1) is 0 Å². The quantitative estimate of drug-likeness (QED) is 0.847. The minimum absolute atomic E-state index is 0.00629. The minimum Gasteiger partial charge on any atom is -0.497 e. The van der Waals surface area contributed by atoms with Gasteiger partial charge in [-0.2, -0.15) is 0 Å². The number of piperidine rings is 1. The molecule has 1 spiro atoms. The van der Waals surface area contributed by atoms with E-state index in [1.165, 1.54) is 5.56 Å². The van der Waals surface area contributed by atoms with Crippen LogP contribution in [0.5, 0.6) is 5.75 Å². The van der Waals surface area contributed by atoms with Crippen molar-refractivity contribution in [3.05, 3.63) is 29.8 Å². The Morgan fingerprint density at radius 2 is 2.15 bits per heavy atom. The molecule has 1 aromatic carbocycles. The summed E-state index contributed by atoms with van der Waals surface area (Å²) in [5.74, 6) is 1.43. The van der Waals surface area contributed by atoms with Gasteiger partial charge in [-0.25, -0.2) is 0 Å². The van der Waals surface area contributed by atoms with Gasteiger partial charge < -0.3 is 14.8 Å². The van der Waals surface area contributed by atoms with Crippen LogP contribution in [0, 0.1) is 5.92 Å². The Bertz CT molecular complexity index is 609. The van der Waals surface area contributed by atoms with E-state index in [1.54, 1.807) is 7.11 Å². The van der Waals surface area contributed by atoms with Gasteiger partial charge in [-0.3, -0.25) is 9.69 Å². The van der Waals surface area contributed by atoms with Crippen LogP contribution in [0.2, 0.25) is 0 Å². The first-order chi connectivity index (χ1) is 12.5. The summed E-state index contributed by atoms with van der Waals surface area (Å²) in [5, 5.41) is 2.99. The summed E-state index contributed by atoms with van der Waals surface area (Å²) >= 11 is 0. The molecule has 0 aliphatic carbocycles. The maximum atomic E-state index is 12.0. The largest absolute Gasteiger partial charge is 0.497 e. The number of carbonyl (C=O) groups is 1. The standard InChI is InChI=1S/C21H32N2O3/c1-16(2)22-20(24)12-18-13-21(26-15-18)7-9-23(10-8-21)14-17-5-4-6-19(11-17)25-3/h4-6,11,16,18H,7-10,12-15H2,1-3H3,(H,22,24). The molecule has 2 saturated heterocycles. The van der Waals surface area contributed by atoms with E-state index >= 15 is 0 Å². The lowest BCUT2D eigenvalue weighted by Gasteiger charge is -2.38. The van der Waals surface area contributed by atoms with E-state index in [2.05, 4.69) is 22.3 Å². The monoisotopic (exact) mass is 360 g/mol. The van der Waals surface area contributed by atoms with Gasteiger partial charge in [0.1, 0.15) is 5.75 Å². The molecule has 144 valence electrons. The van der Waals surface area contributed by atoms with Crippen molar-refractivity contribution in [1.82, 2.24) is 10.2 Å². The van der Waals surface area contributed by atoms with Crippen LogP contribution < -0.4 is 10.1 Å². The molecule has 2 aliphatic rings. The van der Waals surface area contributed by atoms with Crippen molar-refractivity contribution in [2.24, 2.45) is 5.92 Å². The van der Waals surface area contributed by atoms with Crippen molar-refractivity contribution in [2.75, 3.05) is 26.8 Å². The summed E-state index contributed by atoms with van der Waals surface area (Å²) < 4.78 is 11.5. The molecule has 0 radical (unpaired) electrons. The van der Waals surface area contributed by atoms with Gasteiger partial charge in [0.15, 0.2) is 0 Å². The van der Waals surface area contributed by atoms with Gasteiger partial charge in [0.05, 0.1) is 19.3 Å². The van der Waals surface area contributed by atoms with Gasteiger partial charge in [0.25, 0.3) is 0 Å². The first-order valence-corrected chi connectivity index (χ1v) is 9.77. The molecule has 2 fully saturated rings. The molecule has 1 N–H and O–H groups in total. The van der Waals surface area contributed by atoms with Crippen LogP contribution in [-0.2, 0) is 16.1 Å². The first-order valence-electron chi connectivity index (χ1n) is 9.77. The molecule has 2 heterocycles. The molecule has 0 aromatic heterocycles. The highest BCUT2D eigenvalue weighted by Gasteiger charge is 2.43. The van der Waals surface area contributed by atoms with E-state index < -0.39 is 0 Å². The van der Waals surface area contributed by atoms with Crippen molar-refractivity contribution in [3.8, 4) is 5.75 Å². The molecule has 2 aliphatic heterocycles. The average molecular weight is 360 g/mol. The minimum atomic E-state index is -0.00629. The number of hydrogen-bond acceptors (Lipinski definition) is 4. The second-order valence-electron chi connectivity index (χ2n) is 8.12. The molecular weight excluding hydrogens is 328 g/mol. The molecule has 5 heteroatoms. The molecule has 0 bridgehead atoms. The summed E-state index contributed by atoms with van der Waals surface area (Å²) in [5.41, 5.74) is 1.28. The molecule has 1 aromatic rings. The molecular formula is C21H32N2O3. The van der Waals surface area contributed by atoms with Crippen LogP contribution in [0.25, 0.3) is 0 Å². The van der Waals surface area contributed by atoms with E-state index in [4.69, 9.17) is 9.47 Å². The van der Waals surface area contributed by atoms with E-state index in [0.29, 0.717) is 12.3 Å². The van der Waals surface area contributed by atoms with Gasteiger partial charge in [-0.05, 0) is 56.7 Å². The first kappa shape index (κ1) is 19.2. The van der Waals surface area contributed by atoms with Gasteiger partial charge in [0, 0.05) is 32.1 Å². The van der Waals surface area contributed by atoms with Crippen molar-refractivity contribution >= 4 is 5.91 Å². The fraction of sp³-hybridized carbons (Fsp3) is 0.667. The molecule has 1 amide bonds. The van der Waals surface area contributed by atoms with Crippen LogP contribution in [0.15, 0.2) is 24.3 Å². The van der Waals surface area contributed by atoms with Gasteiger partial charge in [-0.1, -0.05) is 12.1 Å². The van der Waals surface area contributed by atoms with Crippen LogP contribution in [0.3, 0.4) is 0 Å². The Hall–Kier alpha value is -1.59. The van der Waals surface area contributed by atoms with Crippen molar-refractivity contribution in [2.45, 2.75) is 57.7 Å². The maximum absolute atomic E-state index is 12.0. The zero-order chi connectivity index (χ0) is 18.6. The third-order valence-corrected chi connectivity index (χ3v) is 5.52. The predicted octanol–water partition coefficient (Wildman–Crippen LogP) is 2.98. The summed E-state index contributed by atoms with van der Waals surface area (Å²) in [6.07, 6.45) is 3.72. The molecule has 3 rings (SSSR count). The van der Waals surface area contributed by atoms with E-state index in [1.807, 2.05) is 26.0 Å². The van der Waals surface area contributed by atoms with Crippen LogP contribution in [-0.4, -0.2) is 49.3 Å². The fourth-order valence-corrected chi connectivity index (χ4v) is 4.21. The second kappa shape index (κ2) is 8.40. The Kier molecular flexibility index (Phi) is 6.20. The van der Waals surface area contributed by atoms with Crippen LogP contribution in [0.1, 0.15) is 45.1 Å². The number of methoxy groups -OCH3 is 1. The molecule has 0 saturated carbocycles. The van der Waals surface area contributed by atoms with E-state index in [0.717, 1.165) is 51.3 Å². The Morgan fingerprint density at radius 3 is 2.85 bits per heavy atom. The highest BCUT2D eigenvalue weighted by atomic mass is 16.5. The number of rotatable bonds is 6. The lowest BCUT2D eigenvalue weighted by molar-refractivity contribution is -0.122. The van der Waals surface area contributed by atoms with Crippen LogP contribution in [0.4, 0.5) is 0 Å². The third-order valence-electron chi connectivity index (χ3n) is 5.52. The SMILES string of the molecule is COc1cccc(CN2CCC3(CC2)CC(CC(=O)NC(C)C)CO3)c1. The summed E-state index contributed by atoms with van der Waals surface area (Å²) in [7, 11) is 1.71. The molecule has 1 atom stereocenters. The number of hydrogen-bond donors (Lipinski definition) is 1.